The summed E-state index contributed by atoms with van der Waals surface area (Å²) in [5, 5.41) is 3.29. The molecule has 1 heterocycles. The third-order valence-corrected chi connectivity index (χ3v) is 3.23. The third-order valence-electron chi connectivity index (χ3n) is 3.23. The average molecular weight is 279 g/mol. The van der Waals surface area contributed by atoms with E-state index < -0.39 is 0 Å². The lowest BCUT2D eigenvalue weighted by Crippen LogP contribution is -2.40. The van der Waals surface area contributed by atoms with E-state index in [1.807, 2.05) is 0 Å². The molecule has 0 aliphatic rings. The fraction of sp³-hybridized carbons (Fsp3) is 0.733. The second kappa shape index (κ2) is 8.04. The van der Waals surface area contributed by atoms with Gasteiger partial charge in [0.1, 0.15) is 17.5 Å². The van der Waals surface area contributed by atoms with E-state index in [2.05, 4.69) is 72.9 Å². The van der Waals surface area contributed by atoms with Gasteiger partial charge in [0.15, 0.2) is 0 Å². The van der Waals surface area contributed by atoms with Crippen LogP contribution in [0.3, 0.4) is 0 Å². The van der Waals surface area contributed by atoms with Crippen molar-refractivity contribution in [3.63, 3.8) is 0 Å². The monoisotopic (exact) mass is 279 g/mol. The summed E-state index contributed by atoms with van der Waals surface area (Å²) in [4.78, 5) is 13.8. The first kappa shape index (κ1) is 16.7. The number of nitrogens with one attached hydrogen (secondary N) is 1. The Bertz CT molecular complexity index is 405. The number of anilines is 2. The molecule has 0 fully saturated rings. The molecule has 1 unspecified atom stereocenters. The molecule has 0 saturated carbocycles. The second-order valence-corrected chi connectivity index (χ2v) is 5.31. The van der Waals surface area contributed by atoms with E-state index in [4.69, 9.17) is 0 Å². The van der Waals surface area contributed by atoms with Gasteiger partial charge in [0.25, 0.3) is 0 Å². The molecule has 1 aromatic heterocycles. The van der Waals surface area contributed by atoms with Crippen LogP contribution >= 0.6 is 0 Å². The predicted octanol–water partition coefficient (Wildman–Crippen LogP) is 2.25. The van der Waals surface area contributed by atoms with Crippen LogP contribution in [0.4, 0.5) is 11.6 Å². The average Bonchev–Trinajstić information content (AvgIpc) is 2.38. The van der Waals surface area contributed by atoms with Gasteiger partial charge in [-0.1, -0.05) is 6.92 Å². The number of hydrogen-bond acceptors (Lipinski definition) is 5. The molecule has 1 N–H and O–H groups in total. The van der Waals surface area contributed by atoms with E-state index in [1.54, 1.807) is 0 Å². The molecule has 5 heteroatoms. The van der Waals surface area contributed by atoms with Crippen molar-refractivity contribution in [2.24, 2.45) is 0 Å². The number of rotatable bonds is 8. The van der Waals surface area contributed by atoms with Crippen LogP contribution in [0.1, 0.15) is 33.5 Å². The van der Waals surface area contributed by atoms with Crippen LogP contribution in [0, 0.1) is 0 Å². The minimum atomic E-state index is 0.420. The number of aromatic nitrogens is 2. The molecule has 20 heavy (non-hydrogen) atoms. The van der Waals surface area contributed by atoms with Gasteiger partial charge >= 0.3 is 0 Å². The van der Waals surface area contributed by atoms with E-state index in [-0.39, 0.29) is 0 Å². The lowest BCUT2D eigenvalue weighted by molar-refractivity contribution is 0.372. The lowest BCUT2D eigenvalue weighted by atomic mass is 10.2. The zero-order valence-corrected chi connectivity index (χ0v) is 13.8. The highest BCUT2D eigenvalue weighted by Crippen LogP contribution is 2.19. The van der Waals surface area contributed by atoms with E-state index in [0.717, 1.165) is 43.5 Å². The highest BCUT2D eigenvalue weighted by atomic mass is 15.2. The van der Waals surface area contributed by atoms with Crippen LogP contribution in [-0.4, -0.2) is 54.6 Å². The van der Waals surface area contributed by atoms with Crippen LogP contribution < -0.4 is 10.2 Å². The Balaban J connectivity index is 3.03. The first-order valence-electron chi connectivity index (χ1n) is 7.54. The van der Waals surface area contributed by atoms with Crippen LogP contribution in [0.25, 0.3) is 0 Å². The molecule has 0 bridgehead atoms. The largest absolute Gasteiger partial charge is 0.370 e. The summed E-state index contributed by atoms with van der Waals surface area (Å²) in [5.74, 6) is 2.84. The maximum Gasteiger partial charge on any atom is 0.134 e. The van der Waals surface area contributed by atoms with Gasteiger partial charge in [-0.25, -0.2) is 9.97 Å². The summed E-state index contributed by atoms with van der Waals surface area (Å²) < 4.78 is 0. The molecule has 0 spiro atoms. The Morgan fingerprint density at radius 3 is 2.40 bits per heavy atom. The SMILES string of the molecule is CCNc1cc(N(CC)C(C)CN(C)C)nc(CC)n1. The minimum Gasteiger partial charge on any atom is -0.370 e. The fourth-order valence-corrected chi connectivity index (χ4v) is 2.39. The quantitative estimate of drug-likeness (QED) is 0.790. The lowest BCUT2D eigenvalue weighted by Gasteiger charge is -2.31. The molecule has 1 aromatic rings. The van der Waals surface area contributed by atoms with E-state index >= 15 is 0 Å². The van der Waals surface area contributed by atoms with Crippen LogP contribution in [0.15, 0.2) is 6.07 Å². The topological polar surface area (TPSA) is 44.3 Å². The van der Waals surface area contributed by atoms with Crippen molar-refractivity contribution in [2.45, 2.75) is 40.2 Å². The highest BCUT2D eigenvalue weighted by Gasteiger charge is 2.16. The van der Waals surface area contributed by atoms with E-state index in [9.17, 15) is 0 Å². The summed E-state index contributed by atoms with van der Waals surface area (Å²) in [6, 6.07) is 2.47. The van der Waals surface area contributed by atoms with Gasteiger partial charge in [-0.05, 0) is 34.9 Å². The van der Waals surface area contributed by atoms with E-state index in [1.165, 1.54) is 0 Å². The summed E-state index contributed by atoms with van der Waals surface area (Å²) in [6.45, 7) is 11.4. The summed E-state index contributed by atoms with van der Waals surface area (Å²) in [7, 11) is 4.21. The minimum absolute atomic E-state index is 0.420. The Morgan fingerprint density at radius 2 is 1.90 bits per heavy atom. The van der Waals surface area contributed by atoms with Gasteiger partial charge in [0.2, 0.25) is 0 Å². The first-order chi connectivity index (χ1) is 9.51. The van der Waals surface area contributed by atoms with Crippen molar-refractivity contribution in [3.8, 4) is 0 Å². The predicted molar refractivity (Wildman–Crippen MR) is 86.6 cm³/mol. The molecule has 0 aliphatic carbocycles. The van der Waals surface area contributed by atoms with Gasteiger partial charge in [-0.3, -0.25) is 0 Å². The molecule has 5 nitrogen and oxygen atoms in total. The molecule has 1 rings (SSSR count). The zero-order valence-electron chi connectivity index (χ0n) is 13.8. The Kier molecular flexibility index (Phi) is 6.71. The Hall–Kier alpha value is -1.36. The van der Waals surface area contributed by atoms with Crippen LogP contribution in [0.5, 0.6) is 0 Å². The van der Waals surface area contributed by atoms with Crippen molar-refractivity contribution in [1.29, 1.82) is 0 Å². The highest BCUT2D eigenvalue weighted by molar-refractivity contribution is 5.50. The maximum atomic E-state index is 4.69. The molecule has 0 saturated heterocycles. The van der Waals surface area contributed by atoms with Gasteiger partial charge in [0.05, 0.1) is 0 Å². The summed E-state index contributed by atoms with van der Waals surface area (Å²) in [5.41, 5.74) is 0. The Morgan fingerprint density at radius 1 is 1.20 bits per heavy atom. The van der Waals surface area contributed by atoms with Gasteiger partial charge in [-0.15, -0.1) is 0 Å². The Labute approximate surface area is 123 Å². The number of hydrogen-bond donors (Lipinski definition) is 1. The normalized spacial score (nSPS) is 12.6. The standard InChI is InChI=1S/C15H29N5/c1-7-13-17-14(16-8-2)10-15(18-13)20(9-3)12(4)11-19(5)6/h10,12H,7-9,11H2,1-6H3,(H,16,17,18). The number of nitrogens with zero attached hydrogens (tertiary/aromatic N) is 4. The van der Waals surface area contributed by atoms with Crippen molar-refractivity contribution >= 4 is 11.6 Å². The first-order valence-corrected chi connectivity index (χ1v) is 7.54. The van der Waals surface area contributed by atoms with Gasteiger partial charge in [-0.2, -0.15) is 0 Å². The number of aryl methyl sites for hydroxylation is 1. The van der Waals surface area contributed by atoms with Crippen molar-refractivity contribution in [3.05, 3.63) is 11.9 Å². The van der Waals surface area contributed by atoms with Gasteiger partial charge in [0, 0.05) is 38.2 Å². The molecule has 0 aromatic carbocycles. The van der Waals surface area contributed by atoms with Gasteiger partial charge < -0.3 is 15.1 Å². The zero-order chi connectivity index (χ0) is 15.1. The van der Waals surface area contributed by atoms with Crippen molar-refractivity contribution in [2.75, 3.05) is 43.9 Å². The van der Waals surface area contributed by atoms with Crippen LogP contribution in [-0.2, 0) is 6.42 Å². The smallest absolute Gasteiger partial charge is 0.134 e. The molecular formula is C15H29N5. The van der Waals surface area contributed by atoms with Crippen molar-refractivity contribution < 1.29 is 0 Å². The molecule has 0 amide bonds. The van der Waals surface area contributed by atoms with Crippen LogP contribution in [0.2, 0.25) is 0 Å². The summed E-state index contributed by atoms with van der Waals surface area (Å²) >= 11 is 0. The van der Waals surface area contributed by atoms with E-state index in [0.29, 0.717) is 6.04 Å². The summed E-state index contributed by atoms with van der Waals surface area (Å²) in [6.07, 6.45) is 0.853. The molecule has 0 aliphatic heterocycles. The molecular weight excluding hydrogens is 250 g/mol. The maximum absolute atomic E-state index is 4.69. The molecule has 1 atom stereocenters. The molecule has 0 radical (unpaired) electrons. The fourth-order valence-electron chi connectivity index (χ4n) is 2.39. The number of likely N-dealkylation sites (N-methyl/N-ethyl adjacent to an activating group) is 2. The second-order valence-electron chi connectivity index (χ2n) is 5.31. The van der Waals surface area contributed by atoms with Crippen molar-refractivity contribution in [1.82, 2.24) is 14.9 Å². The molecule has 114 valence electrons. The third kappa shape index (κ3) is 4.63.